The van der Waals surface area contributed by atoms with Crippen molar-refractivity contribution in [2.45, 2.75) is 25.3 Å². The molecule has 1 N–H and O–H groups in total. The Bertz CT molecular complexity index is 1040. The highest BCUT2D eigenvalue weighted by Gasteiger charge is 2.53. The van der Waals surface area contributed by atoms with Gasteiger partial charge in [-0.15, -0.1) is 0 Å². The second kappa shape index (κ2) is 10.5. The molecular weight excluding hydrogens is 457 g/mol. The van der Waals surface area contributed by atoms with E-state index in [-0.39, 0.29) is 18.1 Å². The first kappa shape index (κ1) is 24.1. The normalized spacial score (nSPS) is 20.4. The zero-order valence-corrected chi connectivity index (χ0v) is 19.9. The molecule has 9 heteroatoms. The van der Waals surface area contributed by atoms with Crippen molar-refractivity contribution < 1.29 is 23.5 Å². The number of carbonyl (C=O) groups is 2. The predicted octanol–water partition coefficient (Wildman–Crippen LogP) is 2.77. The van der Waals surface area contributed by atoms with Crippen molar-refractivity contribution in [2.24, 2.45) is 0 Å². The first-order valence-corrected chi connectivity index (χ1v) is 11.8. The molecule has 2 aromatic rings. The van der Waals surface area contributed by atoms with Crippen molar-refractivity contribution in [3.8, 4) is 0 Å². The van der Waals surface area contributed by atoms with Crippen LogP contribution in [0.2, 0.25) is 0 Å². The van der Waals surface area contributed by atoms with E-state index in [1.54, 1.807) is 11.8 Å². The van der Waals surface area contributed by atoms with Crippen LogP contribution in [-0.4, -0.2) is 61.3 Å². The van der Waals surface area contributed by atoms with E-state index in [1.807, 2.05) is 0 Å². The van der Waals surface area contributed by atoms with E-state index in [1.165, 1.54) is 24.3 Å². The Morgan fingerprint density at radius 2 is 1.82 bits per heavy atom. The minimum absolute atomic E-state index is 0.194. The third kappa shape index (κ3) is 4.90. The largest absolute Gasteiger partial charge is 0.466 e. The first-order chi connectivity index (χ1) is 16.4. The Labute approximate surface area is 203 Å². The summed E-state index contributed by atoms with van der Waals surface area (Å²) in [5, 5.41) is 2.94. The van der Waals surface area contributed by atoms with E-state index in [0.717, 1.165) is 37.6 Å². The highest BCUT2D eigenvalue weighted by Crippen LogP contribution is 2.37. The summed E-state index contributed by atoms with van der Waals surface area (Å²) < 4.78 is 24.2. The summed E-state index contributed by atoms with van der Waals surface area (Å²) in [6.45, 7) is 5.47. The number of hydrogen-bond acceptors (Lipinski definition) is 6. The Kier molecular flexibility index (Phi) is 7.43. The van der Waals surface area contributed by atoms with E-state index in [0.29, 0.717) is 18.5 Å². The first-order valence-electron chi connectivity index (χ1n) is 11.4. The summed E-state index contributed by atoms with van der Waals surface area (Å²) in [5.41, 5.74) is 1.30. The zero-order valence-electron chi connectivity index (χ0n) is 19.1. The quantitative estimate of drug-likeness (QED) is 0.455. The average molecular weight is 486 g/mol. The molecule has 34 heavy (non-hydrogen) atoms. The molecule has 180 valence electrons. The fourth-order valence-corrected chi connectivity index (χ4v) is 4.84. The number of benzene rings is 2. The fourth-order valence-electron chi connectivity index (χ4n) is 4.50. The lowest BCUT2D eigenvalue weighted by atomic mass is 9.84. The summed E-state index contributed by atoms with van der Waals surface area (Å²) in [5.74, 6) is -1.37. The molecule has 7 nitrogen and oxygen atoms in total. The average Bonchev–Trinajstić information content (AvgIpc) is 3.08. The van der Waals surface area contributed by atoms with Crippen molar-refractivity contribution >= 4 is 34.9 Å². The van der Waals surface area contributed by atoms with Crippen LogP contribution in [0.4, 0.5) is 10.1 Å². The maximum Gasteiger partial charge on any atom is 0.309 e. The maximum atomic E-state index is 13.6. The van der Waals surface area contributed by atoms with Crippen LogP contribution in [0.15, 0.2) is 48.5 Å². The van der Waals surface area contributed by atoms with Gasteiger partial charge in [0.25, 0.3) is 5.91 Å². The van der Waals surface area contributed by atoms with E-state index in [2.05, 4.69) is 34.5 Å². The number of thiocarbonyl (C=S) groups is 1. The number of carbonyl (C=O) groups excluding carboxylic acids is 2. The number of rotatable bonds is 8. The van der Waals surface area contributed by atoms with Crippen molar-refractivity contribution in [3.05, 3.63) is 65.5 Å². The second-order valence-corrected chi connectivity index (χ2v) is 8.66. The number of nitrogens with zero attached hydrogens (tertiary/aromatic N) is 2. The van der Waals surface area contributed by atoms with Crippen LogP contribution < -0.4 is 10.2 Å². The molecule has 0 bridgehead atoms. The van der Waals surface area contributed by atoms with Crippen LogP contribution >= 0.6 is 12.2 Å². The number of nitrogens with one attached hydrogen (secondary N) is 1. The molecule has 2 saturated heterocycles. The van der Waals surface area contributed by atoms with Crippen LogP contribution in [0, 0.1) is 5.82 Å². The Hall–Kier alpha value is -3.04. The number of ether oxygens (including phenoxy) is 2. The standard InChI is InChI=1S/C25H28FN3O4S/c1-2-33-22(30)17-25(19-5-7-20(26)8-6-19)23(31)27-24(34)29(25)12-11-18-3-9-21(10-4-18)28-13-15-32-16-14-28/h3-10H,2,11-17H2,1H3,(H,27,31,34). The van der Waals surface area contributed by atoms with Gasteiger partial charge in [0, 0.05) is 25.3 Å². The molecule has 0 aliphatic carbocycles. The monoisotopic (exact) mass is 485 g/mol. The lowest BCUT2D eigenvalue weighted by Crippen LogP contribution is -2.49. The van der Waals surface area contributed by atoms with Gasteiger partial charge in [-0.05, 0) is 61.0 Å². The van der Waals surface area contributed by atoms with Crippen molar-refractivity contribution in [1.29, 1.82) is 0 Å². The molecule has 1 unspecified atom stereocenters. The molecule has 2 aliphatic heterocycles. The summed E-state index contributed by atoms with van der Waals surface area (Å²) in [7, 11) is 0. The Morgan fingerprint density at radius 1 is 1.15 bits per heavy atom. The third-order valence-electron chi connectivity index (χ3n) is 6.27. The van der Waals surface area contributed by atoms with Gasteiger partial charge in [-0.1, -0.05) is 24.3 Å². The van der Waals surface area contributed by atoms with E-state index >= 15 is 0 Å². The molecule has 2 aromatic carbocycles. The fraction of sp³-hybridized carbons (Fsp3) is 0.400. The Morgan fingerprint density at radius 3 is 2.47 bits per heavy atom. The second-order valence-electron chi connectivity index (χ2n) is 8.28. The van der Waals surface area contributed by atoms with Crippen LogP contribution in [0.3, 0.4) is 0 Å². The Balaban J connectivity index is 1.57. The van der Waals surface area contributed by atoms with E-state index < -0.39 is 23.2 Å². The lowest BCUT2D eigenvalue weighted by molar-refractivity contribution is -0.149. The molecule has 0 spiro atoms. The molecule has 2 fully saturated rings. The van der Waals surface area contributed by atoms with Gasteiger partial charge >= 0.3 is 5.97 Å². The number of morpholine rings is 1. The molecular formula is C25H28FN3O4S. The summed E-state index contributed by atoms with van der Waals surface area (Å²) in [6, 6.07) is 13.9. The molecule has 2 heterocycles. The van der Waals surface area contributed by atoms with Gasteiger partial charge < -0.3 is 24.6 Å². The van der Waals surface area contributed by atoms with Crippen LogP contribution in [0.25, 0.3) is 0 Å². The van der Waals surface area contributed by atoms with Gasteiger partial charge in [-0.3, -0.25) is 9.59 Å². The van der Waals surface area contributed by atoms with Crippen molar-refractivity contribution in [3.63, 3.8) is 0 Å². The molecule has 0 aromatic heterocycles. The number of amides is 1. The lowest BCUT2D eigenvalue weighted by Gasteiger charge is -2.36. The molecule has 4 rings (SSSR count). The summed E-state index contributed by atoms with van der Waals surface area (Å²) in [6.07, 6.45) is 0.374. The molecule has 1 atom stereocenters. The van der Waals surface area contributed by atoms with Crippen LogP contribution in [-0.2, 0) is 31.0 Å². The number of halogens is 1. The predicted molar refractivity (Wildman–Crippen MR) is 130 cm³/mol. The zero-order chi connectivity index (χ0) is 24.1. The third-order valence-corrected chi connectivity index (χ3v) is 6.59. The van der Waals surface area contributed by atoms with Crippen molar-refractivity contribution in [1.82, 2.24) is 10.2 Å². The SMILES string of the molecule is CCOC(=O)CC1(c2ccc(F)cc2)C(=O)NC(=S)N1CCc1ccc(N2CCOCC2)cc1. The minimum Gasteiger partial charge on any atom is -0.466 e. The molecule has 1 amide bonds. The number of hydrogen-bond donors (Lipinski definition) is 1. The van der Waals surface area contributed by atoms with Gasteiger partial charge in [0.1, 0.15) is 5.82 Å². The summed E-state index contributed by atoms with van der Waals surface area (Å²) in [4.78, 5) is 29.8. The van der Waals surface area contributed by atoms with Gasteiger partial charge in [-0.2, -0.15) is 0 Å². The van der Waals surface area contributed by atoms with E-state index in [9.17, 15) is 14.0 Å². The molecule has 0 radical (unpaired) electrons. The highest BCUT2D eigenvalue weighted by atomic mass is 32.1. The smallest absolute Gasteiger partial charge is 0.309 e. The van der Waals surface area contributed by atoms with Crippen molar-refractivity contribution in [2.75, 3.05) is 44.4 Å². The van der Waals surface area contributed by atoms with Gasteiger partial charge in [0.2, 0.25) is 0 Å². The van der Waals surface area contributed by atoms with Gasteiger partial charge in [0.15, 0.2) is 10.7 Å². The topological polar surface area (TPSA) is 71.1 Å². The number of esters is 1. The minimum atomic E-state index is -1.40. The van der Waals surface area contributed by atoms with Gasteiger partial charge in [0.05, 0.1) is 26.2 Å². The summed E-state index contributed by atoms with van der Waals surface area (Å²) >= 11 is 5.48. The number of anilines is 1. The molecule has 2 aliphatic rings. The highest BCUT2D eigenvalue weighted by molar-refractivity contribution is 7.80. The van der Waals surface area contributed by atoms with E-state index in [4.69, 9.17) is 21.7 Å². The van der Waals surface area contributed by atoms with Gasteiger partial charge in [-0.25, -0.2) is 4.39 Å². The van der Waals surface area contributed by atoms with Crippen LogP contribution in [0.1, 0.15) is 24.5 Å². The van der Waals surface area contributed by atoms with Crippen LogP contribution in [0.5, 0.6) is 0 Å². The molecule has 0 saturated carbocycles. The maximum absolute atomic E-state index is 13.6.